The van der Waals surface area contributed by atoms with Gasteiger partial charge in [0, 0.05) is 19.7 Å². The van der Waals surface area contributed by atoms with Crippen LogP contribution in [0.15, 0.2) is 0 Å². The molecule has 0 saturated heterocycles. The molecule has 0 aliphatic carbocycles. The lowest BCUT2D eigenvalue weighted by Crippen LogP contribution is -2.38. The Morgan fingerprint density at radius 1 is 1.31 bits per heavy atom. The summed E-state index contributed by atoms with van der Waals surface area (Å²) < 4.78 is 0. The fraction of sp³-hybridized carbons (Fsp3) is 1.00. The van der Waals surface area contributed by atoms with Crippen LogP contribution in [0.3, 0.4) is 0 Å². The van der Waals surface area contributed by atoms with Crippen molar-refractivity contribution in [3.8, 4) is 0 Å². The maximum Gasteiger partial charge on any atom is 0.0443 e. The lowest BCUT2D eigenvalue weighted by atomic mass is 9.93. The molecule has 0 fully saturated rings. The van der Waals surface area contributed by atoms with E-state index in [0.29, 0.717) is 5.41 Å². The average Bonchev–Trinajstić information content (AvgIpc) is 1.95. The molecule has 0 amide bonds. The first kappa shape index (κ1) is 12.9. The number of nitrogens with one attached hydrogen (secondary N) is 1. The third kappa shape index (κ3) is 8.22. The summed E-state index contributed by atoms with van der Waals surface area (Å²) in [5, 5.41) is 11.9. The molecule has 0 aromatic carbocycles. The van der Waals surface area contributed by atoms with Crippen LogP contribution in [0, 0.1) is 5.41 Å². The van der Waals surface area contributed by atoms with Gasteiger partial charge in [-0.25, -0.2) is 0 Å². The molecule has 3 nitrogen and oxygen atoms in total. The van der Waals surface area contributed by atoms with Crippen molar-refractivity contribution in [3.63, 3.8) is 0 Å². The van der Waals surface area contributed by atoms with Crippen LogP contribution in [0.4, 0.5) is 0 Å². The second-order valence-corrected chi connectivity index (χ2v) is 4.66. The number of hydrogen-bond donors (Lipinski definition) is 2. The van der Waals surface area contributed by atoms with Gasteiger partial charge in [-0.05, 0) is 32.5 Å². The fourth-order valence-electron chi connectivity index (χ4n) is 1.54. The second kappa shape index (κ2) is 6.35. The lowest BCUT2D eigenvalue weighted by Gasteiger charge is -2.28. The Hall–Kier alpha value is -0.120. The van der Waals surface area contributed by atoms with Gasteiger partial charge in [0.1, 0.15) is 0 Å². The Kier molecular flexibility index (Phi) is 6.29. The first-order valence-electron chi connectivity index (χ1n) is 4.94. The van der Waals surface area contributed by atoms with E-state index >= 15 is 0 Å². The Bertz CT molecular complexity index is 124. The van der Waals surface area contributed by atoms with Crippen LogP contribution in [-0.2, 0) is 0 Å². The highest BCUT2D eigenvalue weighted by molar-refractivity contribution is 4.73. The summed E-state index contributed by atoms with van der Waals surface area (Å²) in [4.78, 5) is 2.20. The van der Waals surface area contributed by atoms with Crippen LogP contribution in [0.5, 0.6) is 0 Å². The molecule has 0 saturated carbocycles. The van der Waals surface area contributed by atoms with Crippen molar-refractivity contribution >= 4 is 0 Å². The molecule has 0 rings (SSSR count). The lowest BCUT2D eigenvalue weighted by molar-refractivity contribution is 0.228. The molecule has 0 aliphatic heterocycles. The molecule has 13 heavy (non-hydrogen) atoms. The zero-order valence-corrected chi connectivity index (χ0v) is 9.43. The molecule has 3 heteroatoms. The summed E-state index contributed by atoms with van der Waals surface area (Å²) in [6.07, 6.45) is 0.845. The third-order valence-electron chi connectivity index (χ3n) is 1.86. The molecule has 0 radical (unpaired) electrons. The van der Waals surface area contributed by atoms with Crippen LogP contribution < -0.4 is 5.32 Å². The predicted molar refractivity (Wildman–Crippen MR) is 56.9 cm³/mol. The summed E-state index contributed by atoms with van der Waals surface area (Å²) >= 11 is 0. The van der Waals surface area contributed by atoms with Gasteiger partial charge in [-0.3, -0.25) is 0 Å². The summed E-state index contributed by atoms with van der Waals surface area (Å²) in [6.45, 7) is 7.77. The van der Waals surface area contributed by atoms with E-state index in [1.54, 1.807) is 0 Å². The van der Waals surface area contributed by atoms with E-state index in [2.05, 4.69) is 38.2 Å². The van der Waals surface area contributed by atoms with Gasteiger partial charge in [-0.2, -0.15) is 0 Å². The molecule has 0 aromatic rings. The van der Waals surface area contributed by atoms with Gasteiger partial charge in [0.2, 0.25) is 0 Å². The normalized spacial score (nSPS) is 12.5. The van der Waals surface area contributed by atoms with Crippen molar-refractivity contribution in [2.24, 2.45) is 5.41 Å². The van der Waals surface area contributed by atoms with Crippen molar-refractivity contribution in [2.45, 2.75) is 20.3 Å². The van der Waals surface area contributed by atoms with E-state index in [0.717, 1.165) is 26.1 Å². The standard InChI is InChI=1S/C10H24N2O/c1-10(2,9-12(3)4)8-11-6-5-7-13/h11,13H,5-9H2,1-4H3. The van der Waals surface area contributed by atoms with E-state index in [1.165, 1.54) is 0 Å². The van der Waals surface area contributed by atoms with Gasteiger partial charge in [0.15, 0.2) is 0 Å². The summed E-state index contributed by atoms with van der Waals surface area (Å²) in [5.74, 6) is 0. The van der Waals surface area contributed by atoms with Gasteiger partial charge in [0.25, 0.3) is 0 Å². The van der Waals surface area contributed by atoms with Crippen LogP contribution in [0.2, 0.25) is 0 Å². The van der Waals surface area contributed by atoms with Gasteiger partial charge in [-0.1, -0.05) is 13.8 Å². The first-order chi connectivity index (χ1) is 5.98. The average molecular weight is 188 g/mol. The maximum absolute atomic E-state index is 8.59. The van der Waals surface area contributed by atoms with Crippen LogP contribution in [0.1, 0.15) is 20.3 Å². The number of aliphatic hydroxyl groups excluding tert-OH is 1. The smallest absolute Gasteiger partial charge is 0.0443 e. The minimum atomic E-state index is 0.279. The second-order valence-electron chi connectivity index (χ2n) is 4.66. The molecule has 0 unspecified atom stereocenters. The van der Waals surface area contributed by atoms with Gasteiger partial charge in [0.05, 0.1) is 0 Å². The Morgan fingerprint density at radius 2 is 1.92 bits per heavy atom. The summed E-state index contributed by atoms with van der Waals surface area (Å²) in [7, 11) is 4.19. The first-order valence-corrected chi connectivity index (χ1v) is 4.94. The Morgan fingerprint density at radius 3 is 2.38 bits per heavy atom. The maximum atomic E-state index is 8.59. The number of rotatable bonds is 7. The highest BCUT2D eigenvalue weighted by Crippen LogP contribution is 2.13. The van der Waals surface area contributed by atoms with E-state index < -0.39 is 0 Å². The molecular formula is C10H24N2O. The van der Waals surface area contributed by atoms with Crippen molar-refractivity contribution in [3.05, 3.63) is 0 Å². The van der Waals surface area contributed by atoms with Crippen LogP contribution >= 0.6 is 0 Å². The van der Waals surface area contributed by atoms with E-state index in [-0.39, 0.29) is 6.61 Å². The molecule has 0 aromatic heterocycles. The molecule has 80 valence electrons. The zero-order chi connectivity index (χ0) is 10.3. The van der Waals surface area contributed by atoms with Crippen LogP contribution in [-0.4, -0.2) is 50.3 Å². The van der Waals surface area contributed by atoms with Crippen molar-refractivity contribution < 1.29 is 5.11 Å². The highest BCUT2D eigenvalue weighted by Gasteiger charge is 2.17. The highest BCUT2D eigenvalue weighted by atomic mass is 16.3. The van der Waals surface area contributed by atoms with E-state index in [9.17, 15) is 0 Å². The van der Waals surface area contributed by atoms with Gasteiger partial charge < -0.3 is 15.3 Å². The molecule has 2 N–H and O–H groups in total. The summed E-state index contributed by atoms with van der Waals surface area (Å²) in [6, 6.07) is 0. The third-order valence-corrected chi connectivity index (χ3v) is 1.86. The largest absolute Gasteiger partial charge is 0.396 e. The number of aliphatic hydroxyl groups is 1. The number of hydrogen-bond acceptors (Lipinski definition) is 3. The molecule has 0 aliphatic rings. The van der Waals surface area contributed by atoms with Crippen molar-refractivity contribution in [1.82, 2.24) is 10.2 Å². The Balaban J connectivity index is 3.50. The Labute approximate surface area is 82.1 Å². The molecule has 0 heterocycles. The van der Waals surface area contributed by atoms with Gasteiger partial charge >= 0.3 is 0 Å². The minimum Gasteiger partial charge on any atom is -0.396 e. The monoisotopic (exact) mass is 188 g/mol. The molecule has 0 spiro atoms. The quantitative estimate of drug-likeness (QED) is 0.573. The SMILES string of the molecule is CN(C)CC(C)(C)CNCCCO. The topological polar surface area (TPSA) is 35.5 Å². The molecular weight excluding hydrogens is 164 g/mol. The van der Waals surface area contributed by atoms with Crippen molar-refractivity contribution in [2.75, 3.05) is 40.3 Å². The fourth-order valence-corrected chi connectivity index (χ4v) is 1.54. The van der Waals surface area contributed by atoms with Crippen molar-refractivity contribution in [1.29, 1.82) is 0 Å². The van der Waals surface area contributed by atoms with E-state index in [1.807, 2.05) is 0 Å². The number of nitrogens with zero attached hydrogens (tertiary/aromatic N) is 1. The molecule has 0 bridgehead atoms. The minimum absolute atomic E-state index is 0.279. The van der Waals surface area contributed by atoms with Crippen LogP contribution in [0.25, 0.3) is 0 Å². The summed E-state index contributed by atoms with van der Waals surface area (Å²) in [5.41, 5.74) is 0.305. The zero-order valence-electron chi connectivity index (χ0n) is 9.43. The van der Waals surface area contributed by atoms with Gasteiger partial charge in [-0.15, -0.1) is 0 Å². The van der Waals surface area contributed by atoms with E-state index in [4.69, 9.17) is 5.11 Å². The molecule has 0 atom stereocenters. The predicted octanol–water partition coefficient (Wildman–Crippen LogP) is 0.546.